The number of anilines is 2. The maximum absolute atomic E-state index is 13.3. The summed E-state index contributed by atoms with van der Waals surface area (Å²) in [5.41, 5.74) is 2.35. The molecule has 3 aromatic carbocycles. The largest absolute Gasteiger partial charge is 0.495 e. The van der Waals surface area contributed by atoms with Crippen LogP contribution >= 0.6 is 0 Å². The van der Waals surface area contributed by atoms with Crippen molar-refractivity contribution in [2.75, 3.05) is 12.4 Å². The van der Waals surface area contributed by atoms with Gasteiger partial charge in [-0.1, -0.05) is 23.4 Å². The molecule has 166 valence electrons. The number of benzene rings is 3. The Balaban J connectivity index is 1.74. The van der Waals surface area contributed by atoms with Gasteiger partial charge in [-0.15, -0.1) is 5.10 Å². The van der Waals surface area contributed by atoms with Crippen molar-refractivity contribution in [2.45, 2.75) is 16.8 Å². The smallest absolute Gasteiger partial charge is 0.229 e. The number of methoxy groups -OCH3 is 1. The molecule has 0 amide bonds. The van der Waals surface area contributed by atoms with E-state index in [2.05, 4.69) is 20.6 Å². The molecule has 0 atom stereocenters. The fourth-order valence-electron chi connectivity index (χ4n) is 3.59. The SMILES string of the molecule is COc1ccc(C)cc1Nc1nc2c(S(=O)(=O)c3ccc(F)cc3)nnn2c2ccccc12. The van der Waals surface area contributed by atoms with Crippen molar-refractivity contribution in [3.05, 3.63) is 78.1 Å². The number of para-hydroxylation sites is 1. The molecule has 0 aliphatic rings. The fourth-order valence-corrected chi connectivity index (χ4v) is 4.82. The van der Waals surface area contributed by atoms with Crippen LogP contribution in [0.4, 0.5) is 15.9 Å². The van der Waals surface area contributed by atoms with Crippen LogP contribution in [0.5, 0.6) is 5.75 Å². The lowest BCUT2D eigenvalue weighted by Crippen LogP contribution is -2.06. The molecule has 33 heavy (non-hydrogen) atoms. The van der Waals surface area contributed by atoms with Gasteiger partial charge in [0.2, 0.25) is 14.9 Å². The van der Waals surface area contributed by atoms with Crippen LogP contribution in [-0.2, 0) is 9.84 Å². The molecule has 10 heteroatoms. The predicted octanol–water partition coefficient (Wildman–Crippen LogP) is 4.31. The van der Waals surface area contributed by atoms with Gasteiger partial charge >= 0.3 is 0 Å². The third-order valence-corrected chi connectivity index (χ3v) is 6.87. The number of hydrogen-bond donors (Lipinski definition) is 1. The Bertz CT molecular complexity index is 1620. The number of nitrogens with one attached hydrogen (secondary N) is 1. The minimum Gasteiger partial charge on any atom is -0.495 e. The average Bonchev–Trinajstić information content (AvgIpc) is 3.25. The van der Waals surface area contributed by atoms with Gasteiger partial charge in [-0.2, -0.15) is 4.52 Å². The quantitative estimate of drug-likeness (QED) is 0.388. The van der Waals surface area contributed by atoms with E-state index in [-0.39, 0.29) is 15.6 Å². The second-order valence-corrected chi connectivity index (χ2v) is 9.26. The van der Waals surface area contributed by atoms with Crippen LogP contribution in [0.1, 0.15) is 5.56 Å². The summed E-state index contributed by atoms with van der Waals surface area (Å²) < 4.78 is 46.7. The first-order valence-electron chi connectivity index (χ1n) is 9.95. The van der Waals surface area contributed by atoms with Gasteiger partial charge in [0.1, 0.15) is 17.4 Å². The summed E-state index contributed by atoms with van der Waals surface area (Å²) in [4.78, 5) is 4.49. The zero-order chi connectivity index (χ0) is 23.2. The average molecular weight is 463 g/mol. The lowest BCUT2D eigenvalue weighted by Gasteiger charge is -2.14. The van der Waals surface area contributed by atoms with Crippen molar-refractivity contribution in [1.82, 2.24) is 19.8 Å². The Morgan fingerprint density at radius 1 is 1.03 bits per heavy atom. The molecule has 5 rings (SSSR count). The van der Waals surface area contributed by atoms with Gasteiger partial charge in [-0.3, -0.25) is 0 Å². The summed E-state index contributed by atoms with van der Waals surface area (Å²) in [6, 6.07) is 17.5. The van der Waals surface area contributed by atoms with E-state index in [0.29, 0.717) is 28.2 Å². The van der Waals surface area contributed by atoms with E-state index in [9.17, 15) is 12.8 Å². The van der Waals surface area contributed by atoms with Crippen LogP contribution in [0.25, 0.3) is 16.6 Å². The second kappa shape index (κ2) is 7.82. The molecule has 5 aromatic rings. The molecule has 0 unspecified atom stereocenters. The summed E-state index contributed by atoms with van der Waals surface area (Å²) in [6.07, 6.45) is 0. The van der Waals surface area contributed by atoms with Crippen molar-refractivity contribution < 1.29 is 17.5 Å². The van der Waals surface area contributed by atoms with Crippen LogP contribution < -0.4 is 10.1 Å². The highest BCUT2D eigenvalue weighted by atomic mass is 32.2. The minimum atomic E-state index is -4.09. The summed E-state index contributed by atoms with van der Waals surface area (Å²) in [7, 11) is -2.52. The number of aromatic nitrogens is 4. The minimum absolute atomic E-state index is 0.0483. The maximum Gasteiger partial charge on any atom is 0.229 e. The van der Waals surface area contributed by atoms with Gasteiger partial charge in [0.15, 0.2) is 5.65 Å². The molecule has 0 radical (unpaired) electrons. The maximum atomic E-state index is 13.3. The van der Waals surface area contributed by atoms with Gasteiger partial charge in [0, 0.05) is 5.39 Å². The Labute approximate surface area is 188 Å². The van der Waals surface area contributed by atoms with E-state index >= 15 is 0 Å². The fraction of sp³-hybridized carbons (Fsp3) is 0.0870. The van der Waals surface area contributed by atoms with E-state index in [1.165, 1.54) is 16.6 Å². The van der Waals surface area contributed by atoms with E-state index in [1.807, 2.05) is 43.3 Å². The number of nitrogens with zero attached hydrogens (tertiary/aromatic N) is 4. The molecule has 2 aromatic heterocycles. The Morgan fingerprint density at radius 2 is 1.79 bits per heavy atom. The molecule has 0 saturated heterocycles. The number of ether oxygens (including phenoxy) is 1. The van der Waals surface area contributed by atoms with Gasteiger partial charge in [0.05, 0.1) is 23.2 Å². The van der Waals surface area contributed by atoms with Crippen molar-refractivity contribution in [2.24, 2.45) is 0 Å². The molecule has 1 N–H and O–H groups in total. The van der Waals surface area contributed by atoms with Crippen molar-refractivity contribution >= 4 is 37.9 Å². The molecular formula is C23H18FN5O3S. The Kier molecular flexibility index (Phi) is 4.94. The number of rotatable bonds is 5. The first-order chi connectivity index (χ1) is 15.9. The molecule has 8 nitrogen and oxygen atoms in total. The predicted molar refractivity (Wildman–Crippen MR) is 121 cm³/mol. The van der Waals surface area contributed by atoms with Gasteiger partial charge in [0.25, 0.3) is 0 Å². The van der Waals surface area contributed by atoms with Crippen LogP contribution in [-0.4, -0.2) is 35.3 Å². The monoisotopic (exact) mass is 463 g/mol. The molecule has 0 spiro atoms. The van der Waals surface area contributed by atoms with Crippen LogP contribution in [0.15, 0.2) is 76.7 Å². The molecular weight excluding hydrogens is 445 g/mol. The zero-order valence-corrected chi connectivity index (χ0v) is 18.5. The first kappa shape index (κ1) is 20.8. The zero-order valence-electron chi connectivity index (χ0n) is 17.7. The third-order valence-electron chi connectivity index (χ3n) is 5.21. The lowest BCUT2D eigenvalue weighted by atomic mass is 10.2. The number of fused-ring (bicyclic) bond motifs is 3. The first-order valence-corrected chi connectivity index (χ1v) is 11.4. The van der Waals surface area contributed by atoms with Crippen molar-refractivity contribution in [3.63, 3.8) is 0 Å². The van der Waals surface area contributed by atoms with E-state index in [1.54, 1.807) is 13.2 Å². The highest BCUT2D eigenvalue weighted by Gasteiger charge is 2.27. The third kappa shape index (κ3) is 3.54. The lowest BCUT2D eigenvalue weighted by molar-refractivity contribution is 0.416. The molecule has 0 saturated carbocycles. The summed E-state index contributed by atoms with van der Waals surface area (Å²) in [5, 5.41) is 11.6. The number of hydrogen-bond acceptors (Lipinski definition) is 7. The van der Waals surface area contributed by atoms with Crippen LogP contribution in [0.3, 0.4) is 0 Å². The molecule has 0 bridgehead atoms. The molecule has 0 aliphatic carbocycles. The van der Waals surface area contributed by atoms with Crippen LogP contribution in [0, 0.1) is 12.7 Å². The number of sulfone groups is 1. The number of aryl methyl sites for hydroxylation is 1. The van der Waals surface area contributed by atoms with Crippen LogP contribution in [0.2, 0.25) is 0 Å². The van der Waals surface area contributed by atoms with Gasteiger partial charge in [-0.25, -0.2) is 17.8 Å². The highest BCUT2D eigenvalue weighted by Crippen LogP contribution is 2.33. The standard InChI is InChI=1S/C23H18FN5O3S/c1-14-7-12-20(32-2)18(13-14)25-21-17-5-3-4-6-19(17)29-22(26-21)23(27-28-29)33(30,31)16-10-8-15(24)9-11-16/h3-13H,1-2H3,(H,25,26). The second-order valence-electron chi connectivity index (χ2n) is 7.39. The van der Waals surface area contributed by atoms with E-state index in [0.717, 1.165) is 17.7 Å². The van der Waals surface area contributed by atoms with E-state index in [4.69, 9.17) is 4.74 Å². The van der Waals surface area contributed by atoms with Crippen molar-refractivity contribution in [1.29, 1.82) is 0 Å². The van der Waals surface area contributed by atoms with Gasteiger partial charge in [-0.05, 0) is 61.0 Å². The molecule has 0 aliphatic heterocycles. The Hall–Kier alpha value is -4.05. The molecule has 2 heterocycles. The topological polar surface area (TPSA) is 98.5 Å². The Morgan fingerprint density at radius 3 is 2.55 bits per heavy atom. The molecule has 0 fully saturated rings. The van der Waals surface area contributed by atoms with Crippen molar-refractivity contribution in [3.8, 4) is 5.75 Å². The summed E-state index contributed by atoms with van der Waals surface area (Å²) in [6.45, 7) is 1.95. The normalized spacial score (nSPS) is 11.7. The summed E-state index contributed by atoms with van der Waals surface area (Å²) in [5.74, 6) is 0.487. The van der Waals surface area contributed by atoms with E-state index < -0.39 is 15.7 Å². The van der Waals surface area contributed by atoms with Gasteiger partial charge < -0.3 is 10.1 Å². The summed E-state index contributed by atoms with van der Waals surface area (Å²) >= 11 is 0. The number of halogens is 1. The highest BCUT2D eigenvalue weighted by molar-refractivity contribution is 7.91.